The summed E-state index contributed by atoms with van der Waals surface area (Å²) in [6, 6.07) is 13.4. The topological polar surface area (TPSA) is 91.9 Å². The highest BCUT2D eigenvalue weighted by molar-refractivity contribution is 6.35. The number of pyridine rings is 1. The molecule has 0 radical (unpaired) electrons. The Balaban J connectivity index is 1.05. The van der Waals surface area contributed by atoms with Crippen molar-refractivity contribution < 1.29 is 27.8 Å². The lowest BCUT2D eigenvalue weighted by molar-refractivity contribution is -0.0592. The number of methoxy groups -OCH3 is 1. The van der Waals surface area contributed by atoms with Gasteiger partial charge in [0.05, 0.1) is 53.6 Å². The van der Waals surface area contributed by atoms with Crippen LogP contribution < -0.4 is 4.74 Å². The van der Waals surface area contributed by atoms with Crippen LogP contribution in [0.25, 0.3) is 22.0 Å². The van der Waals surface area contributed by atoms with Crippen LogP contribution in [0, 0.1) is 6.01 Å². The van der Waals surface area contributed by atoms with E-state index in [0.29, 0.717) is 46.0 Å². The number of halogens is 2. The van der Waals surface area contributed by atoms with E-state index >= 15 is 0 Å². The van der Waals surface area contributed by atoms with E-state index in [2.05, 4.69) is 9.47 Å². The first-order chi connectivity index (χ1) is 21.5. The van der Waals surface area contributed by atoms with Crippen LogP contribution in [-0.4, -0.2) is 58.3 Å². The minimum atomic E-state index is -0.680. The van der Waals surface area contributed by atoms with Gasteiger partial charge in [-0.05, 0) is 68.8 Å². The molecule has 0 N–H and O–H groups in total. The van der Waals surface area contributed by atoms with Crippen LogP contribution in [0.4, 0.5) is 4.39 Å². The van der Waals surface area contributed by atoms with Gasteiger partial charge in [-0.25, -0.2) is 9.78 Å². The number of fused-ring (bicyclic) bond motifs is 2. The van der Waals surface area contributed by atoms with E-state index in [1.165, 1.54) is 13.2 Å². The van der Waals surface area contributed by atoms with Gasteiger partial charge in [0.15, 0.2) is 0 Å². The summed E-state index contributed by atoms with van der Waals surface area (Å²) in [5.74, 6) is 1.54. The van der Waals surface area contributed by atoms with Crippen molar-refractivity contribution in [3.8, 4) is 5.75 Å². The fourth-order valence-electron chi connectivity index (χ4n) is 6.16. The maximum Gasteiger partial charge on any atom is 0.337 e. The molecule has 3 aromatic heterocycles. The molecule has 5 aromatic rings. The van der Waals surface area contributed by atoms with E-state index in [-0.39, 0.29) is 24.6 Å². The summed E-state index contributed by atoms with van der Waals surface area (Å²) in [4.78, 5) is 24.3. The Bertz CT molecular complexity index is 1830. The number of ether oxygens (including phenoxy) is 3. The standard InChI is InChI=1S/C33H32ClFN4O5/c1-41-33(40)21-5-7-26-27(15-21)39(17-23-10-14-42-23)30(37-26)18-38-12-8-20(9-13-38)31-28(3-2-11-36-31)43-19-22-4-6-25(34)24-16-29(35)44-32(22)24/h2-7,11,15-16,20,23H,8-10,12-14,17-19H2,1H3/t23-/m0/s1. The molecule has 5 heterocycles. The molecule has 2 aliphatic heterocycles. The molecule has 9 nitrogen and oxygen atoms in total. The van der Waals surface area contributed by atoms with E-state index in [4.69, 9.17) is 40.2 Å². The average Bonchev–Trinajstić information content (AvgIpc) is 3.58. The Morgan fingerprint density at radius 3 is 2.75 bits per heavy atom. The van der Waals surface area contributed by atoms with Crippen LogP contribution in [-0.2, 0) is 29.2 Å². The Hall–Kier alpha value is -3.99. The Morgan fingerprint density at radius 1 is 1.14 bits per heavy atom. The van der Waals surface area contributed by atoms with Crippen molar-refractivity contribution in [1.82, 2.24) is 19.4 Å². The van der Waals surface area contributed by atoms with Crippen LogP contribution in [0.3, 0.4) is 0 Å². The fourth-order valence-corrected chi connectivity index (χ4v) is 6.36. The summed E-state index contributed by atoms with van der Waals surface area (Å²) in [6.45, 7) is 4.13. The Kier molecular flexibility index (Phi) is 7.97. The molecular formula is C33H32ClFN4O5. The maximum absolute atomic E-state index is 13.8. The molecule has 0 aliphatic carbocycles. The SMILES string of the molecule is COC(=O)c1ccc2nc(CN3CCC(c4ncccc4OCc4ccc(Cl)c5cc(F)oc45)CC3)n(C[C@@H]3CCO3)c2c1. The van der Waals surface area contributed by atoms with Gasteiger partial charge in [0.1, 0.15) is 23.8 Å². The molecule has 0 bridgehead atoms. The van der Waals surface area contributed by atoms with E-state index in [1.807, 2.05) is 24.3 Å². The number of nitrogens with zero attached hydrogens (tertiary/aromatic N) is 4. The highest BCUT2D eigenvalue weighted by atomic mass is 35.5. The lowest BCUT2D eigenvalue weighted by Crippen LogP contribution is -2.35. The first kappa shape index (κ1) is 28.8. The predicted octanol–water partition coefficient (Wildman–Crippen LogP) is 6.50. The molecule has 2 aromatic carbocycles. The van der Waals surface area contributed by atoms with Crippen molar-refractivity contribution in [1.29, 1.82) is 0 Å². The molecule has 44 heavy (non-hydrogen) atoms. The van der Waals surface area contributed by atoms with Gasteiger partial charge in [-0.2, -0.15) is 4.39 Å². The first-order valence-electron chi connectivity index (χ1n) is 14.8. The molecule has 11 heteroatoms. The summed E-state index contributed by atoms with van der Waals surface area (Å²) in [6.07, 6.45) is 4.79. The van der Waals surface area contributed by atoms with E-state index in [1.54, 1.807) is 24.4 Å². The molecule has 2 saturated heterocycles. The second kappa shape index (κ2) is 12.2. The zero-order chi connectivity index (χ0) is 30.2. The number of piperidine rings is 1. The predicted molar refractivity (Wildman–Crippen MR) is 162 cm³/mol. The molecule has 0 saturated carbocycles. The van der Waals surface area contributed by atoms with Gasteiger partial charge in [0.25, 0.3) is 6.01 Å². The zero-order valence-electron chi connectivity index (χ0n) is 24.3. The van der Waals surface area contributed by atoms with Crippen molar-refractivity contribution in [2.75, 3.05) is 26.8 Å². The number of esters is 1. The first-order valence-corrected chi connectivity index (χ1v) is 15.2. The second-order valence-corrected chi connectivity index (χ2v) is 11.7. The van der Waals surface area contributed by atoms with Gasteiger partial charge in [-0.1, -0.05) is 17.7 Å². The molecule has 0 unspecified atom stereocenters. The Labute approximate surface area is 258 Å². The van der Waals surface area contributed by atoms with Crippen LogP contribution in [0.1, 0.15) is 52.6 Å². The monoisotopic (exact) mass is 618 g/mol. The minimum absolute atomic E-state index is 0.150. The van der Waals surface area contributed by atoms with Crippen molar-refractivity contribution in [2.45, 2.75) is 51.0 Å². The maximum atomic E-state index is 13.8. The van der Waals surface area contributed by atoms with Crippen LogP contribution in [0.5, 0.6) is 5.75 Å². The third-order valence-electron chi connectivity index (χ3n) is 8.63. The summed E-state index contributed by atoms with van der Waals surface area (Å²) in [5.41, 5.74) is 4.31. The van der Waals surface area contributed by atoms with E-state index < -0.39 is 6.01 Å². The number of furan rings is 1. The third-order valence-corrected chi connectivity index (χ3v) is 8.96. The zero-order valence-corrected chi connectivity index (χ0v) is 25.1. The lowest BCUT2D eigenvalue weighted by atomic mass is 9.92. The van der Waals surface area contributed by atoms with Gasteiger partial charge >= 0.3 is 5.97 Å². The summed E-state index contributed by atoms with van der Waals surface area (Å²) >= 11 is 6.22. The quantitative estimate of drug-likeness (QED) is 0.173. The molecule has 2 fully saturated rings. The molecule has 1 atom stereocenters. The molecule has 0 spiro atoms. The van der Waals surface area contributed by atoms with Crippen LogP contribution in [0.2, 0.25) is 5.02 Å². The summed E-state index contributed by atoms with van der Waals surface area (Å²) in [7, 11) is 1.39. The van der Waals surface area contributed by atoms with Crippen molar-refractivity contribution in [3.63, 3.8) is 0 Å². The number of carbonyl (C=O) groups excluding carboxylic acids is 1. The molecule has 2 aliphatic rings. The number of rotatable bonds is 9. The minimum Gasteiger partial charge on any atom is -0.487 e. The molecular weight excluding hydrogens is 587 g/mol. The van der Waals surface area contributed by atoms with Crippen LogP contribution in [0.15, 0.2) is 59.1 Å². The molecule has 0 amide bonds. The van der Waals surface area contributed by atoms with Gasteiger partial charge in [-0.3, -0.25) is 9.88 Å². The summed E-state index contributed by atoms with van der Waals surface area (Å²) < 4.78 is 38.2. The number of aromatic nitrogens is 3. The normalized spacial score (nSPS) is 17.7. The van der Waals surface area contributed by atoms with Gasteiger partial charge < -0.3 is 23.2 Å². The molecule has 7 rings (SSSR count). The largest absolute Gasteiger partial charge is 0.487 e. The number of hydrogen-bond donors (Lipinski definition) is 0. The lowest BCUT2D eigenvalue weighted by Gasteiger charge is -2.32. The van der Waals surface area contributed by atoms with Crippen molar-refractivity contribution in [3.05, 3.63) is 88.4 Å². The number of hydrogen-bond acceptors (Lipinski definition) is 8. The van der Waals surface area contributed by atoms with Crippen LogP contribution >= 0.6 is 11.6 Å². The number of likely N-dealkylation sites (tertiary alicyclic amines) is 1. The average molecular weight is 619 g/mol. The smallest absolute Gasteiger partial charge is 0.337 e. The third kappa shape index (κ3) is 5.65. The number of carbonyl (C=O) groups is 1. The van der Waals surface area contributed by atoms with Gasteiger partial charge in [0, 0.05) is 35.7 Å². The highest BCUT2D eigenvalue weighted by Crippen LogP contribution is 2.35. The summed E-state index contributed by atoms with van der Waals surface area (Å²) in [5, 5.41) is 0.963. The number of benzene rings is 2. The highest BCUT2D eigenvalue weighted by Gasteiger charge is 2.27. The molecule has 228 valence electrons. The van der Waals surface area contributed by atoms with E-state index in [0.717, 1.165) is 61.5 Å². The van der Waals surface area contributed by atoms with Crippen molar-refractivity contribution >= 4 is 39.6 Å². The van der Waals surface area contributed by atoms with Gasteiger partial charge in [0.2, 0.25) is 0 Å². The fraction of sp³-hybridized carbons (Fsp3) is 0.364. The number of imidazole rings is 1. The van der Waals surface area contributed by atoms with Gasteiger partial charge in [-0.15, -0.1) is 0 Å². The van der Waals surface area contributed by atoms with E-state index in [9.17, 15) is 9.18 Å². The second-order valence-electron chi connectivity index (χ2n) is 11.3. The Morgan fingerprint density at radius 2 is 1.98 bits per heavy atom. The van der Waals surface area contributed by atoms with Crippen molar-refractivity contribution in [2.24, 2.45) is 0 Å².